The summed E-state index contributed by atoms with van der Waals surface area (Å²) < 4.78 is 2.53. The molecule has 310 valence electrons. The van der Waals surface area contributed by atoms with E-state index in [0.717, 1.165) is 34.0 Å². The van der Waals surface area contributed by atoms with Crippen LogP contribution in [0.2, 0.25) is 0 Å². The molecule has 0 spiro atoms. The van der Waals surface area contributed by atoms with Gasteiger partial charge in [-0.25, -0.2) is 0 Å². The summed E-state index contributed by atoms with van der Waals surface area (Å²) >= 11 is 0. The van der Waals surface area contributed by atoms with Crippen molar-refractivity contribution in [1.29, 1.82) is 0 Å². The summed E-state index contributed by atoms with van der Waals surface area (Å²) in [6, 6.07) is 88.6. The van der Waals surface area contributed by atoms with Gasteiger partial charge in [0, 0.05) is 38.8 Å². The molecule has 0 bridgehead atoms. The Balaban J connectivity index is 0.971. The number of nitrogens with zero attached hydrogens (tertiary/aromatic N) is 2. The van der Waals surface area contributed by atoms with Crippen LogP contribution in [0, 0.1) is 0 Å². The van der Waals surface area contributed by atoms with Gasteiger partial charge in [0.25, 0.3) is 0 Å². The fourth-order valence-electron chi connectivity index (χ4n) is 10.6. The zero-order valence-corrected chi connectivity index (χ0v) is 36.1. The number of para-hydroxylation sites is 3. The van der Waals surface area contributed by atoms with E-state index in [-0.39, 0.29) is 6.04 Å². The summed E-state index contributed by atoms with van der Waals surface area (Å²) in [5.41, 5.74) is 21.3. The maximum absolute atomic E-state index is 3.92. The van der Waals surface area contributed by atoms with Crippen LogP contribution >= 0.6 is 0 Å². The molecule has 1 atom stereocenters. The van der Waals surface area contributed by atoms with E-state index in [4.69, 9.17) is 0 Å². The molecule has 1 unspecified atom stereocenters. The van der Waals surface area contributed by atoms with Gasteiger partial charge in [0.05, 0.1) is 34.3 Å². The molecule has 3 nitrogen and oxygen atoms in total. The van der Waals surface area contributed by atoms with E-state index in [1.807, 2.05) is 0 Å². The van der Waals surface area contributed by atoms with Crippen LogP contribution in [0.1, 0.15) is 28.3 Å². The molecule has 0 fully saturated rings. The third kappa shape index (κ3) is 6.12. The summed E-state index contributed by atoms with van der Waals surface area (Å²) in [5.74, 6) is 0. The Kier molecular flexibility index (Phi) is 8.92. The zero-order chi connectivity index (χ0) is 43.6. The predicted octanol–water partition coefficient (Wildman–Crippen LogP) is 16.4. The van der Waals surface area contributed by atoms with Crippen LogP contribution in [0.15, 0.2) is 243 Å². The highest BCUT2D eigenvalue weighted by Crippen LogP contribution is 2.55. The van der Waals surface area contributed by atoms with Gasteiger partial charge in [-0.15, -0.1) is 0 Å². The first-order valence-corrected chi connectivity index (χ1v) is 22.8. The highest BCUT2D eigenvalue weighted by atomic mass is 15.2. The number of aromatic nitrogens is 1. The van der Waals surface area contributed by atoms with E-state index in [1.54, 1.807) is 0 Å². The van der Waals surface area contributed by atoms with Gasteiger partial charge in [-0.1, -0.05) is 200 Å². The minimum Gasteiger partial charge on any atom is -0.374 e. The number of hydrogen-bond donors (Lipinski definition) is 1. The second-order valence-electron chi connectivity index (χ2n) is 17.3. The Morgan fingerprint density at radius 3 is 1.80 bits per heavy atom. The molecule has 10 aromatic carbocycles. The summed E-state index contributed by atoms with van der Waals surface area (Å²) in [7, 11) is 0. The monoisotopic (exact) mass is 841 g/mol. The van der Waals surface area contributed by atoms with Gasteiger partial charge in [0.2, 0.25) is 0 Å². The molecule has 0 saturated heterocycles. The molecule has 3 heteroatoms. The Labute approximate surface area is 384 Å². The standard InChI is InChI=1S/C63H43N3/c1-3-19-42(20-4-1)49-37-38-60(52-30-10-9-29-51(49)52)66-58-35-15-12-32-54(58)61-53-31-11-14-34-57(53)65(59-36-16-13-33-55(59)63(61)66)48-27-18-25-45(40-48)44-24-17-26-47(39-44)62-50-28-8-7-23-46(50)41-56(64-62)43-21-5-2-6-22-43/h1-41,62,64H. The van der Waals surface area contributed by atoms with Crippen LogP contribution in [-0.2, 0) is 0 Å². The molecule has 3 heterocycles. The van der Waals surface area contributed by atoms with Gasteiger partial charge < -0.3 is 14.8 Å². The maximum Gasteiger partial charge on any atom is 0.0773 e. The smallest absolute Gasteiger partial charge is 0.0773 e. The molecule has 13 rings (SSSR count). The molecule has 66 heavy (non-hydrogen) atoms. The molecule has 1 aromatic heterocycles. The number of anilines is 3. The first-order valence-electron chi connectivity index (χ1n) is 22.8. The molecular formula is C63H43N3. The van der Waals surface area contributed by atoms with Crippen molar-refractivity contribution in [3.63, 3.8) is 0 Å². The van der Waals surface area contributed by atoms with E-state index in [1.165, 1.54) is 83.0 Å². The fourth-order valence-corrected chi connectivity index (χ4v) is 10.6. The average Bonchev–Trinajstić information content (AvgIpc) is 3.67. The Morgan fingerprint density at radius 2 is 0.985 bits per heavy atom. The minimum atomic E-state index is -0.000144. The van der Waals surface area contributed by atoms with Crippen LogP contribution in [0.3, 0.4) is 0 Å². The molecule has 0 radical (unpaired) electrons. The molecule has 0 aliphatic carbocycles. The second kappa shape index (κ2) is 15.5. The number of nitrogens with one attached hydrogen (secondary N) is 1. The molecule has 1 N–H and O–H groups in total. The molecule has 11 aromatic rings. The molecule has 0 amide bonds. The van der Waals surface area contributed by atoms with Crippen LogP contribution < -0.4 is 10.2 Å². The summed E-state index contributed by atoms with van der Waals surface area (Å²) in [4.78, 5) is 2.48. The van der Waals surface area contributed by atoms with E-state index >= 15 is 0 Å². The fraction of sp³-hybridized carbons (Fsp3) is 0.0159. The lowest BCUT2D eigenvalue weighted by Gasteiger charge is -2.29. The van der Waals surface area contributed by atoms with Gasteiger partial charge in [0.15, 0.2) is 0 Å². The summed E-state index contributed by atoms with van der Waals surface area (Å²) in [5, 5.41) is 7.58. The van der Waals surface area contributed by atoms with E-state index in [9.17, 15) is 0 Å². The van der Waals surface area contributed by atoms with E-state index in [0.29, 0.717) is 0 Å². The first-order chi connectivity index (χ1) is 32.8. The average molecular weight is 842 g/mol. The van der Waals surface area contributed by atoms with E-state index < -0.39 is 0 Å². The third-order valence-corrected chi connectivity index (χ3v) is 13.6. The van der Waals surface area contributed by atoms with Crippen molar-refractivity contribution in [2.24, 2.45) is 0 Å². The van der Waals surface area contributed by atoms with E-state index in [2.05, 4.69) is 264 Å². The zero-order valence-electron chi connectivity index (χ0n) is 36.1. The first kappa shape index (κ1) is 37.9. The highest BCUT2D eigenvalue weighted by molar-refractivity contribution is 6.14. The number of rotatable bonds is 6. The number of fused-ring (bicyclic) bond motifs is 9. The SMILES string of the molecule is C1=C(c2ccccc2)NC(c2cccc(-c3cccc(N4c5ccccc5-c5c(n(-c6ccc(-c7ccccc7)c7ccccc67)c6ccccc56)-c5ccccc54)c3)c2)c2ccccc21. The Bertz CT molecular complexity index is 3690. The highest BCUT2D eigenvalue weighted by Gasteiger charge is 2.32. The minimum absolute atomic E-state index is 0.000144. The van der Waals surface area contributed by atoms with Crippen LogP contribution in [0.4, 0.5) is 17.1 Å². The lowest BCUT2D eigenvalue weighted by atomic mass is 9.88. The topological polar surface area (TPSA) is 20.2 Å². The lowest BCUT2D eigenvalue weighted by Crippen LogP contribution is -2.25. The van der Waals surface area contributed by atoms with Gasteiger partial charge in [-0.05, 0) is 98.4 Å². The van der Waals surface area contributed by atoms with Crippen molar-refractivity contribution in [2.45, 2.75) is 6.04 Å². The van der Waals surface area contributed by atoms with Crippen molar-refractivity contribution in [3.05, 3.63) is 265 Å². The number of hydrogen-bond acceptors (Lipinski definition) is 2. The van der Waals surface area contributed by atoms with Gasteiger partial charge in [0.1, 0.15) is 0 Å². The van der Waals surface area contributed by atoms with Crippen molar-refractivity contribution in [1.82, 2.24) is 9.88 Å². The van der Waals surface area contributed by atoms with Crippen molar-refractivity contribution < 1.29 is 0 Å². The summed E-state index contributed by atoms with van der Waals surface area (Å²) in [6.45, 7) is 0. The van der Waals surface area contributed by atoms with Gasteiger partial charge in [-0.3, -0.25) is 0 Å². The van der Waals surface area contributed by atoms with Crippen LogP contribution in [-0.4, -0.2) is 4.57 Å². The van der Waals surface area contributed by atoms with Crippen molar-refractivity contribution >= 4 is 50.5 Å². The normalized spacial score (nSPS) is 13.8. The van der Waals surface area contributed by atoms with Crippen LogP contribution in [0.5, 0.6) is 0 Å². The quantitative estimate of drug-likeness (QED) is 0.180. The second-order valence-corrected chi connectivity index (χ2v) is 17.3. The molecule has 0 saturated carbocycles. The van der Waals surface area contributed by atoms with Crippen molar-refractivity contribution in [3.8, 4) is 50.3 Å². The van der Waals surface area contributed by atoms with Gasteiger partial charge in [-0.2, -0.15) is 0 Å². The molecule has 2 aliphatic heterocycles. The van der Waals surface area contributed by atoms with Crippen molar-refractivity contribution in [2.75, 3.05) is 4.90 Å². The maximum atomic E-state index is 3.92. The third-order valence-electron chi connectivity index (χ3n) is 13.6. The predicted molar refractivity (Wildman–Crippen MR) is 276 cm³/mol. The molecular weight excluding hydrogens is 799 g/mol. The van der Waals surface area contributed by atoms with Gasteiger partial charge >= 0.3 is 0 Å². The lowest BCUT2D eigenvalue weighted by molar-refractivity contribution is 0.737. The Morgan fingerprint density at radius 1 is 0.379 bits per heavy atom. The molecule has 2 aliphatic rings. The number of benzene rings is 10. The summed E-state index contributed by atoms with van der Waals surface area (Å²) in [6.07, 6.45) is 2.28. The van der Waals surface area contributed by atoms with Crippen LogP contribution in [0.25, 0.3) is 83.8 Å². The largest absolute Gasteiger partial charge is 0.374 e. The Hall–Kier alpha value is -8.66.